The van der Waals surface area contributed by atoms with Gasteiger partial charge in [-0.25, -0.2) is 4.79 Å². The molecule has 0 aliphatic rings. The number of hydrogen-bond donors (Lipinski definition) is 0. The topological polar surface area (TPSA) is 39.8 Å². The van der Waals surface area contributed by atoms with Gasteiger partial charge < -0.3 is 0 Å². The lowest BCUT2D eigenvalue weighted by Gasteiger charge is -2.02. The van der Waals surface area contributed by atoms with E-state index in [-0.39, 0.29) is 5.69 Å². The highest BCUT2D eigenvalue weighted by atomic mass is 16.1. The molecule has 3 aromatic rings. The lowest BCUT2D eigenvalue weighted by Crippen LogP contribution is -2.24. The van der Waals surface area contributed by atoms with Crippen LogP contribution in [0.1, 0.15) is 12.6 Å². The van der Waals surface area contributed by atoms with E-state index in [1.165, 1.54) is 0 Å². The number of fused-ring (bicyclic) bond motifs is 1. The molecule has 0 bridgehead atoms. The average molecular weight is 267 g/mol. The normalized spacial score (nSPS) is 11.1. The van der Waals surface area contributed by atoms with Crippen LogP contribution in [0.25, 0.3) is 11.0 Å². The van der Waals surface area contributed by atoms with Crippen molar-refractivity contribution < 1.29 is 0 Å². The third-order valence-electron chi connectivity index (χ3n) is 3.56. The summed E-state index contributed by atoms with van der Waals surface area (Å²) in [6, 6.07) is 13.8. The molecule has 0 atom stereocenters. The Balaban J connectivity index is 1.99. The molecule has 0 unspecified atom stereocenters. The first-order valence-corrected chi connectivity index (χ1v) is 6.89. The summed E-state index contributed by atoms with van der Waals surface area (Å²) in [6.07, 6.45) is 2.55. The van der Waals surface area contributed by atoms with E-state index in [0.29, 0.717) is 13.1 Å². The van der Waals surface area contributed by atoms with Gasteiger partial charge in [-0.15, -0.1) is 0 Å². The van der Waals surface area contributed by atoms with E-state index >= 15 is 0 Å². The molecule has 0 saturated carbocycles. The van der Waals surface area contributed by atoms with Gasteiger partial charge in [-0.1, -0.05) is 18.2 Å². The number of para-hydroxylation sites is 2. The van der Waals surface area contributed by atoms with Gasteiger partial charge in [0.25, 0.3) is 0 Å². The van der Waals surface area contributed by atoms with Crippen molar-refractivity contribution in [1.82, 2.24) is 14.1 Å². The summed E-state index contributed by atoms with van der Waals surface area (Å²) in [6.45, 7) is 3.34. The van der Waals surface area contributed by atoms with Gasteiger partial charge in [0.1, 0.15) is 0 Å². The minimum absolute atomic E-state index is 0.0598. The van der Waals surface area contributed by atoms with Crippen molar-refractivity contribution in [3.8, 4) is 0 Å². The van der Waals surface area contributed by atoms with Crippen LogP contribution in [-0.4, -0.2) is 14.1 Å². The molecule has 4 heteroatoms. The Kier molecular flexibility index (Phi) is 3.37. The molecule has 2 aromatic heterocycles. The van der Waals surface area contributed by atoms with Crippen molar-refractivity contribution in [2.24, 2.45) is 0 Å². The zero-order chi connectivity index (χ0) is 13.9. The first-order valence-electron chi connectivity index (χ1n) is 6.89. The number of rotatable bonds is 4. The zero-order valence-corrected chi connectivity index (χ0v) is 11.5. The van der Waals surface area contributed by atoms with E-state index < -0.39 is 0 Å². The van der Waals surface area contributed by atoms with Crippen LogP contribution in [0.15, 0.2) is 53.5 Å². The highest BCUT2D eigenvalue weighted by Gasteiger charge is 2.11. The lowest BCUT2D eigenvalue weighted by atomic mass is 10.2. The van der Waals surface area contributed by atoms with Crippen LogP contribution < -0.4 is 5.69 Å². The molecule has 1 aromatic carbocycles. The van der Waals surface area contributed by atoms with Crippen molar-refractivity contribution in [3.05, 3.63) is 64.8 Å². The Labute approximate surface area is 117 Å². The Hall–Kier alpha value is -2.36. The van der Waals surface area contributed by atoms with E-state index in [9.17, 15) is 4.79 Å². The molecular formula is C16H17N3O. The van der Waals surface area contributed by atoms with E-state index in [1.54, 1.807) is 6.20 Å². The van der Waals surface area contributed by atoms with Gasteiger partial charge in [-0.3, -0.25) is 14.1 Å². The molecule has 0 fully saturated rings. The monoisotopic (exact) mass is 267 g/mol. The van der Waals surface area contributed by atoms with Crippen molar-refractivity contribution in [2.45, 2.75) is 26.4 Å². The Morgan fingerprint density at radius 2 is 1.70 bits per heavy atom. The van der Waals surface area contributed by atoms with Gasteiger partial charge >= 0.3 is 5.69 Å². The number of hydrogen-bond acceptors (Lipinski definition) is 2. The lowest BCUT2D eigenvalue weighted by molar-refractivity contribution is 0.635. The molecule has 0 amide bonds. The zero-order valence-electron chi connectivity index (χ0n) is 11.5. The summed E-state index contributed by atoms with van der Waals surface area (Å²) in [5.74, 6) is 0. The third-order valence-corrected chi connectivity index (χ3v) is 3.56. The highest BCUT2D eigenvalue weighted by Crippen LogP contribution is 2.13. The number of benzene rings is 1. The second-order valence-corrected chi connectivity index (χ2v) is 4.74. The summed E-state index contributed by atoms with van der Waals surface area (Å²) in [5.41, 5.74) is 3.06. The minimum atomic E-state index is 0.0598. The SMILES string of the molecule is CCn1c(=O)n(CCc2ccccn2)c2ccccc21. The summed E-state index contributed by atoms with van der Waals surface area (Å²) in [7, 11) is 0. The van der Waals surface area contributed by atoms with Gasteiger partial charge in [0, 0.05) is 31.4 Å². The van der Waals surface area contributed by atoms with E-state index in [1.807, 2.05) is 58.5 Å². The minimum Gasteiger partial charge on any atom is -0.292 e. The molecule has 0 saturated heterocycles. The van der Waals surface area contributed by atoms with Gasteiger partial charge in [-0.05, 0) is 31.2 Å². The summed E-state index contributed by atoms with van der Waals surface area (Å²) in [5, 5.41) is 0. The van der Waals surface area contributed by atoms with E-state index in [4.69, 9.17) is 0 Å². The largest absolute Gasteiger partial charge is 0.329 e. The molecule has 2 heterocycles. The number of aromatic nitrogens is 3. The predicted molar refractivity (Wildman–Crippen MR) is 79.8 cm³/mol. The molecule has 3 rings (SSSR count). The summed E-state index contributed by atoms with van der Waals surface area (Å²) >= 11 is 0. The smallest absolute Gasteiger partial charge is 0.292 e. The molecule has 102 valence electrons. The van der Waals surface area contributed by atoms with Gasteiger partial charge in [0.15, 0.2) is 0 Å². The fraction of sp³-hybridized carbons (Fsp3) is 0.250. The van der Waals surface area contributed by atoms with Crippen LogP contribution in [0.2, 0.25) is 0 Å². The van der Waals surface area contributed by atoms with Crippen LogP contribution in [0, 0.1) is 0 Å². The number of nitrogens with zero attached hydrogens (tertiary/aromatic N) is 3. The maximum absolute atomic E-state index is 12.4. The van der Waals surface area contributed by atoms with Crippen molar-refractivity contribution in [2.75, 3.05) is 0 Å². The van der Waals surface area contributed by atoms with Crippen molar-refractivity contribution in [1.29, 1.82) is 0 Å². The van der Waals surface area contributed by atoms with Gasteiger partial charge in [0.05, 0.1) is 11.0 Å². The third kappa shape index (κ3) is 2.13. The van der Waals surface area contributed by atoms with Crippen LogP contribution in [0.4, 0.5) is 0 Å². The highest BCUT2D eigenvalue weighted by molar-refractivity contribution is 5.75. The number of pyridine rings is 1. The second kappa shape index (κ2) is 5.33. The first-order chi connectivity index (χ1) is 9.81. The molecule has 0 N–H and O–H groups in total. The molecule has 0 aliphatic carbocycles. The molecule has 20 heavy (non-hydrogen) atoms. The van der Waals surface area contributed by atoms with Crippen LogP contribution in [0.5, 0.6) is 0 Å². The quantitative estimate of drug-likeness (QED) is 0.728. The first kappa shape index (κ1) is 12.7. The van der Waals surface area contributed by atoms with Crippen LogP contribution in [0.3, 0.4) is 0 Å². The van der Waals surface area contributed by atoms with E-state index in [0.717, 1.165) is 23.1 Å². The fourth-order valence-corrected chi connectivity index (χ4v) is 2.57. The number of imidazole rings is 1. The molecule has 4 nitrogen and oxygen atoms in total. The maximum Gasteiger partial charge on any atom is 0.329 e. The van der Waals surface area contributed by atoms with Crippen molar-refractivity contribution >= 4 is 11.0 Å². The average Bonchev–Trinajstić information content (AvgIpc) is 2.77. The van der Waals surface area contributed by atoms with Crippen LogP contribution in [-0.2, 0) is 19.5 Å². The number of aryl methyl sites for hydroxylation is 3. The fourth-order valence-electron chi connectivity index (χ4n) is 2.57. The predicted octanol–water partition coefficient (Wildman–Crippen LogP) is 2.46. The molecule has 0 spiro atoms. The van der Waals surface area contributed by atoms with Crippen LogP contribution >= 0.6 is 0 Å². The Morgan fingerprint density at radius 3 is 2.35 bits per heavy atom. The van der Waals surface area contributed by atoms with Gasteiger partial charge in [0.2, 0.25) is 0 Å². The Bertz CT molecular complexity index is 771. The molecule has 0 aliphatic heterocycles. The second-order valence-electron chi connectivity index (χ2n) is 4.74. The summed E-state index contributed by atoms with van der Waals surface area (Å²) in [4.78, 5) is 16.8. The van der Waals surface area contributed by atoms with Gasteiger partial charge in [-0.2, -0.15) is 0 Å². The van der Waals surface area contributed by atoms with E-state index in [2.05, 4.69) is 4.98 Å². The summed E-state index contributed by atoms with van der Waals surface area (Å²) < 4.78 is 3.65. The maximum atomic E-state index is 12.4. The standard InChI is InChI=1S/C16H17N3O/c1-2-18-14-8-3-4-9-15(14)19(16(18)20)12-10-13-7-5-6-11-17-13/h3-9,11H,2,10,12H2,1H3. The Morgan fingerprint density at radius 1 is 1.00 bits per heavy atom. The molecular weight excluding hydrogens is 250 g/mol. The van der Waals surface area contributed by atoms with Crippen molar-refractivity contribution in [3.63, 3.8) is 0 Å². The molecule has 0 radical (unpaired) electrons.